The Balaban J connectivity index is 2.23. The molecule has 0 spiro atoms. The predicted octanol–water partition coefficient (Wildman–Crippen LogP) is 4.23. The molecule has 0 unspecified atom stereocenters. The Morgan fingerprint density at radius 2 is 1.90 bits per heavy atom. The van der Waals surface area contributed by atoms with Crippen molar-refractivity contribution in [3.05, 3.63) is 56.4 Å². The summed E-state index contributed by atoms with van der Waals surface area (Å²) in [5, 5.41) is 1.89. The van der Waals surface area contributed by atoms with E-state index in [0.717, 1.165) is 11.2 Å². The number of H-pyrrole nitrogens is 1. The maximum Gasteiger partial charge on any atom is 0.276 e. The number of thiophene rings is 1. The van der Waals surface area contributed by atoms with Crippen molar-refractivity contribution in [2.45, 2.75) is 19.8 Å². The molecule has 20 heavy (non-hydrogen) atoms. The Hall–Kier alpha value is -1.72. The monoisotopic (exact) mass is 302 g/mol. The second kappa shape index (κ2) is 5.00. The SMILES string of the molecule is CC(C)c1ccc(-n2c(=S)[nH]c3ccsc3c2=O)cc1. The highest BCUT2D eigenvalue weighted by Gasteiger charge is 2.09. The molecule has 0 bridgehead atoms. The zero-order valence-corrected chi connectivity index (χ0v) is 12.8. The van der Waals surface area contributed by atoms with E-state index in [0.29, 0.717) is 15.4 Å². The van der Waals surface area contributed by atoms with Crippen molar-refractivity contribution in [3.8, 4) is 5.69 Å². The van der Waals surface area contributed by atoms with Crippen LogP contribution < -0.4 is 5.56 Å². The summed E-state index contributed by atoms with van der Waals surface area (Å²) < 4.78 is 2.68. The summed E-state index contributed by atoms with van der Waals surface area (Å²) in [6.07, 6.45) is 0. The second-order valence-corrected chi connectivity index (χ2v) is 6.28. The third-order valence-corrected chi connectivity index (χ3v) is 4.51. The number of rotatable bonds is 2. The standard InChI is InChI=1S/C15H14N2OS2/c1-9(2)10-3-5-11(6-4-10)17-14(18)13-12(7-8-20-13)16-15(17)19/h3-9H,1-2H3,(H,16,19). The number of benzene rings is 1. The molecule has 102 valence electrons. The molecule has 3 rings (SSSR count). The number of fused-ring (bicyclic) bond motifs is 1. The van der Waals surface area contributed by atoms with E-state index >= 15 is 0 Å². The first-order valence-corrected chi connectivity index (χ1v) is 7.69. The van der Waals surface area contributed by atoms with Crippen LogP contribution >= 0.6 is 23.6 Å². The molecule has 0 radical (unpaired) electrons. The summed E-state index contributed by atoms with van der Waals surface area (Å²) in [4.78, 5) is 15.6. The van der Waals surface area contributed by atoms with Crippen LogP contribution in [0.1, 0.15) is 25.3 Å². The molecule has 0 saturated heterocycles. The van der Waals surface area contributed by atoms with Crippen molar-refractivity contribution in [2.75, 3.05) is 0 Å². The maximum absolute atomic E-state index is 12.5. The van der Waals surface area contributed by atoms with E-state index < -0.39 is 0 Å². The van der Waals surface area contributed by atoms with Crippen LogP contribution in [0.25, 0.3) is 15.9 Å². The number of aromatic amines is 1. The quantitative estimate of drug-likeness (QED) is 0.719. The van der Waals surface area contributed by atoms with Crippen LogP contribution in [-0.2, 0) is 0 Å². The van der Waals surface area contributed by atoms with Crippen LogP contribution in [0.5, 0.6) is 0 Å². The molecular formula is C15H14N2OS2. The first-order valence-electron chi connectivity index (χ1n) is 6.41. The van der Waals surface area contributed by atoms with Crippen molar-refractivity contribution in [2.24, 2.45) is 0 Å². The van der Waals surface area contributed by atoms with E-state index in [9.17, 15) is 4.79 Å². The van der Waals surface area contributed by atoms with Gasteiger partial charge in [-0.25, -0.2) is 0 Å². The zero-order valence-electron chi connectivity index (χ0n) is 11.2. The lowest BCUT2D eigenvalue weighted by Gasteiger charge is -2.09. The Bertz CT molecular complexity index is 869. The van der Waals surface area contributed by atoms with Gasteiger partial charge in [-0.3, -0.25) is 9.36 Å². The molecular weight excluding hydrogens is 288 g/mol. The summed E-state index contributed by atoms with van der Waals surface area (Å²) in [5.74, 6) is 0.468. The van der Waals surface area contributed by atoms with E-state index in [4.69, 9.17) is 12.2 Å². The molecule has 3 nitrogen and oxygen atoms in total. The highest BCUT2D eigenvalue weighted by Crippen LogP contribution is 2.18. The number of hydrogen-bond donors (Lipinski definition) is 1. The lowest BCUT2D eigenvalue weighted by molar-refractivity contribution is 0.862. The molecule has 0 aliphatic carbocycles. The van der Waals surface area contributed by atoms with Gasteiger partial charge in [0.25, 0.3) is 5.56 Å². The number of nitrogens with zero attached hydrogens (tertiary/aromatic N) is 1. The predicted molar refractivity (Wildman–Crippen MR) is 86.7 cm³/mol. The minimum absolute atomic E-state index is 0.0592. The van der Waals surface area contributed by atoms with Gasteiger partial charge < -0.3 is 4.98 Å². The molecule has 0 aliphatic heterocycles. The first kappa shape index (κ1) is 13.3. The van der Waals surface area contributed by atoms with Gasteiger partial charge in [-0.05, 0) is 47.3 Å². The Kier molecular flexibility index (Phi) is 3.31. The molecule has 2 heterocycles. The smallest absolute Gasteiger partial charge is 0.276 e. The first-order chi connectivity index (χ1) is 9.58. The van der Waals surface area contributed by atoms with Crippen LogP contribution in [0.4, 0.5) is 0 Å². The summed E-state index contributed by atoms with van der Waals surface area (Å²) in [6, 6.07) is 9.85. The molecule has 0 aliphatic rings. The van der Waals surface area contributed by atoms with Crippen LogP contribution in [0.2, 0.25) is 0 Å². The fourth-order valence-corrected chi connectivity index (χ4v) is 3.26. The average Bonchev–Trinajstić information content (AvgIpc) is 2.87. The highest BCUT2D eigenvalue weighted by molar-refractivity contribution is 7.71. The largest absolute Gasteiger partial charge is 0.331 e. The number of hydrogen-bond acceptors (Lipinski definition) is 3. The maximum atomic E-state index is 12.5. The van der Waals surface area contributed by atoms with E-state index in [-0.39, 0.29) is 5.56 Å². The zero-order chi connectivity index (χ0) is 14.3. The Morgan fingerprint density at radius 3 is 2.55 bits per heavy atom. The molecule has 1 aromatic carbocycles. The molecule has 5 heteroatoms. The molecule has 0 fully saturated rings. The molecule has 0 amide bonds. The minimum Gasteiger partial charge on any atom is -0.331 e. The van der Waals surface area contributed by atoms with E-state index in [2.05, 4.69) is 18.8 Å². The van der Waals surface area contributed by atoms with Gasteiger partial charge >= 0.3 is 0 Å². The number of aromatic nitrogens is 2. The summed E-state index contributed by atoms with van der Waals surface area (Å²) in [6.45, 7) is 4.29. The summed E-state index contributed by atoms with van der Waals surface area (Å²) in [5.41, 5.74) is 2.79. The van der Waals surface area contributed by atoms with Crippen molar-refractivity contribution in [1.29, 1.82) is 0 Å². The molecule has 0 saturated carbocycles. The molecule has 2 aromatic heterocycles. The third kappa shape index (κ3) is 2.13. The lowest BCUT2D eigenvalue weighted by atomic mass is 10.0. The van der Waals surface area contributed by atoms with Gasteiger partial charge in [-0.1, -0.05) is 26.0 Å². The summed E-state index contributed by atoms with van der Waals surface area (Å²) in [7, 11) is 0. The fourth-order valence-electron chi connectivity index (χ4n) is 2.18. The molecule has 1 N–H and O–H groups in total. The highest BCUT2D eigenvalue weighted by atomic mass is 32.1. The Labute approximate surface area is 125 Å². The molecule has 3 aromatic rings. The van der Waals surface area contributed by atoms with E-state index in [1.807, 2.05) is 35.7 Å². The van der Waals surface area contributed by atoms with Crippen LogP contribution in [0, 0.1) is 4.77 Å². The van der Waals surface area contributed by atoms with Gasteiger partial charge in [-0.2, -0.15) is 0 Å². The van der Waals surface area contributed by atoms with Crippen molar-refractivity contribution in [1.82, 2.24) is 9.55 Å². The average molecular weight is 302 g/mol. The third-order valence-electron chi connectivity index (χ3n) is 3.33. The van der Waals surface area contributed by atoms with Gasteiger partial charge in [0.05, 0.1) is 11.2 Å². The van der Waals surface area contributed by atoms with Crippen LogP contribution in [0.15, 0.2) is 40.5 Å². The van der Waals surface area contributed by atoms with Crippen molar-refractivity contribution >= 4 is 33.8 Å². The summed E-state index contributed by atoms with van der Waals surface area (Å²) >= 11 is 6.74. The minimum atomic E-state index is -0.0592. The van der Waals surface area contributed by atoms with Gasteiger partial charge in [-0.15, -0.1) is 11.3 Å². The van der Waals surface area contributed by atoms with E-state index in [1.54, 1.807) is 4.57 Å². The normalized spacial score (nSPS) is 11.3. The van der Waals surface area contributed by atoms with Gasteiger partial charge in [0, 0.05) is 0 Å². The van der Waals surface area contributed by atoms with Gasteiger partial charge in [0.2, 0.25) is 0 Å². The van der Waals surface area contributed by atoms with E-state index in [1.165, 1.54) is 16.9 Å². The topological polar surface area (TPSA) is 37.8 Å². The fraction of sp³-hybridized carbons (Fsp3) is 0.200. The molecule has 0 atom stereocenters. The van der Waals surface area contributed by atoms with Crippen molar-refractivity contribution in [3.63, 3.8) is 0 Å². The Morgan fingerprint density at radius 1 is 1.20 bits per heavy atom. The van der Waals surface area contributed by atoms with Crippen LogP contribution in [-0.4, -0.2) is 9.55 Å². The lowest BCUT2D eigenvalue weighted by Crippen LogP contribution is -2.19. The van der Waals surface area contributed by atoms with Gasteiger partial charge in [0.15, 0.2) is 4.77 Å². The second-order valence-electron chi connectivity index (χ2n) is 4.98. The van der Waals surface area contributed by atoms with Crippen molar-refractivity contribution < 1.29 is 0 Å². The number of nitrogens with one attached hydrogen (secondary N) is 1. The van der Waals surface area contributed by atoms with Crippen LogP contribution in [0.3, 0.4) is 0 Å². The van der Waals surface area contributed by atoms with Gasteiger partial charge in [0.1, 0.15) is 4.70 Å².